The third kappa shape index (κ3) is 5.27. The van der Waals surface area contributed by atoms with Crippen LogP contribution in [0.2, 0.25) is 5.02 Å². The summed E-state index contributed by atoms with van der Waals surface area (Å²) >= 11 is 5.85. The number of hydrogen-bond acceptors (Lipinski definition) is 1. The van der Waals surface area contributed by atoms with Crippen LogP contribution < -0.4 is 5.32 Å². The topological polar surface area (TPSA) is 12.0 Å². The van der Waals surface area contributed by atoms with Gasteiger partial charge in [-0.1, -0.05) is 50.8 Å². The molecule has 3 heteroatoms. The fraction of sp³-hybridized carbons (Fsp3) is 0.667. The van der Waals surface area contributed by atoms with Crippen LogP contribution in [0.15, 0.2) is 18.2 Å². The van der Waals surface area contributed by atoms with Gasteiger partial charge in [0.2, 0.25) is 0 Å². The molecular formula is C18H27ClFN. The minimum absolute atomic E-state index is 0.151. The minimum atomic E-state index is -0.151. The van der Waals surface area contributed by atoms with Gasteiger partial charge >= 0.3 is 0 Å². The van der Waals surface area contributed by atoms with Crippen molar-refractivity contribution in [3.05, 3.63) is 34.6 Å². The first-order valence-corrected chi connectivity index (χ1v) is 8.61. The predicted octanol–water partition coefficient (Wildman–Crippen LogP) is 5.22. The van der Waals surface area contributed by atoms with E-state index in [-0.39, 0.29) is 5.82 Å². The average molecular weight is 312 g/mol. The number of hydrogen-bond donors (Lipinski definition) is 1. The van der Waals surface area contributed by atoms with E-state index < -0.39 is 0 Å². The summed E-state index contributed by atoms with van der Waals surface area (Å²) in [6.07, 6.45) is 7.22. The summed E-state index contributed by atoms with van der Waals surface area (Å²) in [5.41, 5.74) is 0.820. The third-order valence-electron chi connectivity index (χ3n) is 4.60. The molecule has 118 valence electrons. The molecule has 0 amide bonds. The zero-order valence-corrected chi connectivity index (χ0v) is 13.9. The van der Waals surface area contributed by atoms with E-state index in [1.807, 2.05) is 6.07 Å². The monoisotopic (exact) mass is 311 g/mol. The molecule has 1 nitrogen and oxygen atoms in total. The fourth-order valence-corrected chi connectivity index (χ4v) is 3.51. The summed E-state index contributed by atoms with van der Waals surface area (Å²) in [6, 6.07) is 5.61. The molecule has 0 aliphatic heterocycles. The molecule has 2 unspecified atom stereocenters. The van der Waals surface area contributed by atoms with Crippen molar-refractivity contribution >= 4 is 11.6 Å². The average Bonchev–Trinajstić information content (AvgIpc) is 2.65. The second-order valence-corrected chi connectivity index (χ2v) is 7.10. The quantitative estimate of drug-likeness (QED) is 0.735. The largest absolute Gasteiger partial charge is 0.314 e. The van der Waals surface area contributed by atoms with Crippen LogP contribution in [0.25, 0.3) is 0 Å². The Morgan fingerprint density at radius 1 is 1.19 bits per heavy atom. The van der Waals surface area contributed by atoms with Crippen LogP contribution in [0.5, 0.6) is 0 Å². The van der Waals surface area contributed by atoms with Gasteiger partial charge in [-0.3, -0.25) is 0 Å². The van der Waals surface area contributed by atoms with Crippen molar-refractivity contribution in [3.63, 3.8) is 0 Å². The summed E-state index contributed by atoms with van der Waals surface area (Å²) in [4.78, 5) is 0. The van der Waals surface area contributed by atoms with Crippen LogP contribution in [0.1, 0.15) is 51.5 Å². The van der Waals surface area contributed by atoms with E-state index in [1.54, 1.807) is 6.07 Å². The lowest BCUT2D eigenvalue weighted by Crippen LogP contribution is -2.33. The van der Waals surface area contributed by atoms with Crippen LogP contribution in [-0.2, 0) is 6.42 Å². The molecule has 1 N–H and O–H groups in total. The molecule has 0 saturated heterocycles. The first-order valence-electron chi connectivity index (χ1n) is 8.23. The molecule has 2 rings (SSSR count). The van der Waals surface area contributed by atoms with E-state index in [0.29, 0.717) is 22.9 Å². The van der Waals surface area contributed by atoms with Crippen molar-refractivity contribution in [3.8, 4) is 0 Å². The molecule has 0 spiro atoms. The summed E-state index contributed by atoms with van der Waals surface area (Å²) < 4.78 is 14.0. The molecule has 1 saturated carbocycles. The van der Waals surface area contributed by atoms with Crippen LogP contribution >= 0.6 is 11.6 Å². The Labute approximate surface area is 133 Å². The lowest BCUT2D eigenvalue weighted by molar-refractivity contribution is 0.289. The fourth-order valence-electron chi connectivity index (χ4n) is 3.36. The van der Waals surface area contributed by atoms with Gasteiger partial charge in [-0.15, -0.1) is 0 Å². The summed E-state index contributed by atoms with van der Waals surface area (Å²) in [7, 11) is 0. The van der Waals surface area contributed by atoms with E-state index in [2.05, 4.69) is 19.2 Å². The van der Waals surface area contributed by atoms with Gasteiger partial charge in [-0.25, -0.2) is 4.39 Å². The highest BCUT2D eigenvalue weighted by Crippen LogP contribution is 2.32. The van der Waals surface area contributed by atoms with Gasteiger partial charge < -0.3 is 5.32 Å². The molecule has 1 aromatic rings. The van der Waals surface area contributed by atoms with Crippen LogP contribution in [-0.4, -0.2) is 12.6 Å². The third-order valence-corrected chi connectivity index (χ3v) is 4.84. The molecule has 0 heterocycles. The highest BCUT2D eigenvalue weighted by Gasteiger charge is 2.24. The van der Waals surface area contributed by atoms with Crippen molar-refractivity contribution in [1.82, 2.24) is 5.32 Å². The predicted molar refractivity (Wildman–Crippen MR) is 88.3 cm³/mol. The van der Waals surface area contributed by atoms with Gasteiger partial charge in [0.05, 0.1) is 0 Å². The highest BCUT2D eigenvalue weighted by molar-refractivity contribution is 6.30. The van der Waals surface area contributed by atoms with Crippen molar-refractivity contribution in [2.45, 2.75) is 58.4 Å². The molecule has 0 radical (unpaired) electrons. The Morgan fingerprint density at radius 2 is 1.90 bits per heavy atom. The zero-order chi connectivity index (χ0) is 15.2. The molecule has 1 fully saturated rings. The van der Waals surface area contributed by atoms with Gasteiger partial charge in [0.15, 0.2) is 0 Å². The van der Waals surface area contributed by atoms with Crippen molar-refractivity contribution in [1.29, 1.82) is 0 Å². The van der Waals surface area contributed by atoms with E-state index in [1.165, 1.54) is 38.2 Å². The van der Waals surface area contributed by atoms with Gasteiger partial charge in [-0.2, -0.15) is 0 Å². The standard InChI is InChI=1S/C18H27ClFN/c1-13(2)21-12-16-7-5-3-4-6-14(16)10-15-8-9-17(19)11-18(15)20/h8-9,11,13-14,16,21H,3-7,10,12H2,1-2H3. The SMILES string of the molecule is CC(C)NCC1CCCCCC1Cc1ccc(Cl)cc1F. The number of rotatable bonds is 5. The summed E-state index contributed by atoms with van der Waals surface area (Å²) in [5.74, 6) is 1.08. The number of halogens is 2. The van der Waals surface area contributed by atoms with Crippen LogP contribution in [0, 0.1) is 17.7 Å². The Bertz CT molecular complexity index is 447. The second-order valence-electron chi connectivity index (χ2n) is 6.66. The van der Waals surface area contributed by atoms with Crippen LogP contribution in [0.4, 0.5) is 4.39 Å². The molecular weight excluding hydrogens is 285 g/mol. The van der Waals surface area contributed by atoms with Crippen LogP contribution in [0.3, 0.4) is 0 Å². The lowest BCUT2D eigenvalue weighted by Gasteiger charge is -2.27. The molecule has 21 heavy (non-hydrogen) atoms. The minimum Gasteiger partial charge on any atom is -0.314 e. The molecule has 0 aromatic heterocycles. The molecule has 1 aromatic carbocycles. The normalized spacial score (nSPS) is 23.3. The summed E-state index contributed by atoms with van der Waals surface area (Å²) in [5, 5.41) is 4.05. The first kappa shape index (κ1) is 16.8. The number of benzene rings is 1. The van der Waals surface area contributed by atoms with E-state index in [9.17, 15) is 4.39 Å². The van der Waals surface area contributed by atoms with Crippen molar-refractivity contribution < 1.29 is 4.39 Å². The summed E-state index contributed by atoms with van der Waals surface area (Å²) in [6.45, 7) is 5.42. The van der Waals surface area contributed by atoms with Gasteiger partial charge in [-0.05, 0) is 55.3 Å². The Morgan fingerprint density at radius 3 is 2.57 bits per heavy atom. The van der Waals surface area contributed by atoms with E-state index >= 15 is 0 Å². The highest BCUT2D eigenvalue weighted by atomic mass is 35.5. The van der Waals surface area contributed by atoms with Crippen molar-refractivity contribution in [2.24, 2.45) is 11.8 Å². The molecule has 1 aliphatic rings. The zero-order valence-electron chi connectivity index (χ0n) is 13.2. The smallest absolute Gasteiger partial charge is 0.127 e. The first-order chi connectivity index (χ1) is 10.1. The van der Waals surface area contributed by atoms with Gasteiger partial charge in [0.1, 0.15) is 5.82 Å². The number of nitrogens with one attached hydrogen (secondary N) is 1. The van der Waals surface area contributed by atoms with Crippen molar-refractivity contribution in [2.75, 3.05) is 6.54 Å². The molecule has 2 atom stereocenters. The maximum Gasteiger partial charge on any atom is 0.127 e. The Balaban J connectivity index is 2.05. The Hall–Kier alpha value is -0.600. The van der Waals surface area contributed by atoms with Gasteiger partial charge in [0, 0.05) is 11.1 Å². The van der Waals surface area contributed by atoms with E-state index in [4.69, 9.17) is 11.6 Å². The van der Waals surface area contributed by atoms with E-state index in [0.717, 1.165) is 18.5 Å². The maximum atomic E-state index is 14.0. The second kappa shape index (κ2) is 8.14. The maximum absolute atomic E-state index is 14.0. The Kier molecular flexibility index (Phi) is 6.50. The molecule has 0 bridgehead atoms. The van der Waals surface area contributed by atoms with Gasteiger partial charge in [0.25, 0.3) is 0 Å². The lowest BCUT2D eigenvalue weighted by atomic mass is 9.83. The molecule has 1 aliphatic carbocycles.